The maximum absolute atomic E-state index is 4.04. The van der Waals surface area contributed by atoms with E-state index >= 15 is 0 Å². The highest BCUT2D eigenvalue weighted by Crippen LogP contribution is 2.28. The zero-order valence-corrected chi connectivity index (χ0v) is 17.3. The van der Waals surface area contributed by atoms with Crippen molar-refractivity contribution < 1.29 is 0 Å². The molecule has 0 bridgehead atoms. The molecule has 2 unspecified atom stereocenters. The topological polar surface area (TPSA) is 0 Å². The first-order valence-electron chi connectivity index (χ1n) is 10.1. The monoisotopic (exact) mass is 348 g/mol. The fourth-order valence-corrected chi connectivity index (χ4v) is 3.74. The van der Waals surface area contributed by atoms with Gasteiger partial charge in [0.1, 0.15) is 0 Å². The molecule has 0 nitrogen and oxygen atoms in total. The summed E-state index contributed by atoms with van der Waals surface area (Å²) in [6, 6.07) is 13.7. The molecule has 0 aliphatic heterocycles. The molecule has 0 saturated carbocycles. The molecule has 2 aromatic carbocycles. The van der Waals surface area contributed by atoms with Gasteiger partial charge >= 0.3 is 0 Å². The van der Waals surface area contributed by atoms with Crippen LogP contribution in [0.15, 0.2) is 60.7 Å². The predicted octanol–water partition coefficient (Wildman–Crippen LogP) is 7.91. The highest BCUT2D eigenvalue weighted by atomic mass is 14.2. The number of hydrogen-bond donors (Lipinski definition) is 0. The second-order valence-electron chi connectivity index (χ2n) is 8.54. The zero-order valence-electron chi connectivity index (χ0n) is 17.3. The van der Waals surface area contributed by atoms with Crippen LogP contribution in [-0.4, -0.2) is 0 Å². The molecule has 0 amide bonds. The Kier molecular flexibility index (Phi) is 7.69. The van der Waals surface area contributed by atoms with Crippen molar-refractivity contribution in [1.82, 2.24) is 0 Å². The first-order valence-corrected chi connectivity index (χ1v) is 10.1. The number of hydrogen-bond acceptors (Lipinski definition) is 0. The molecule has 140 valence electrons. The van der Waals surface area contributed by atoms with Crippen LogP contribution in [-0.2, 0) is 12.8 Å². The normalized spacial score (nSPS) is 13.5. The van der Waals surface area contributed by atoms with Gasteiger partial charge in [-0.2, -0.15) is 0 Å². The van der Waals surface area contributed by atoms with Gasteiger partial charge in [-0.3, -0.25) is 0 Å². The second-order valence-corrected chi connectivity index (χ2v) is 8.54. The molecule has 0 aliphatic carbocycles. The first-order chi connectivity index (χ1) is 12.4. The van der Waals surface area contributed by atoms with E-state index in [1.165, 1.54) is 45.9 Å². The molecular weight excluding hydrogens is 312 g/mol. The van der Waals surface area contributed by atoms with Crippen LogP contribution < -0.4 is 0 Å². The summed E-state index contributed by atoms with van der Waals surface area (Å²) in [5, 5.41) is 2.89. The van der Waals surface area contributed by atoms with E-state index in [4.69, 9.17) is 0 Å². The van der Waals surface area contributed by atoms with Crippen molar-refractivity contribution >= 4 is 10.8 Å². The molecule has 0 fully saturated rings. The van der Waals surface area contributed by atoms with Gasteiger partial charge in [-0.15, -0.1) is 13.2 Å². The Morgan fingerprint density at radius 2 is 1.12 bits per heavy atom. The van der Waals surface area contributed by atoms with E-state index in [1.807, 2.05) is 0 Å². The number of allylic oxidation sites excluding steroid dienone is 2. The van der Waals surface area contributed by atoms with E-state index in [9.17, 15) is 0 Å². The SMILES string of the molecule is C=C(C)CCC(C)Cc1cccc2c(CC(C)CCC(=C)C)cccc12. The maximum Gasteiger partial charge on any atom is -0.0149 e. The van der Waals surface area contributed by atoms with Crippen molar-refractivity contribution in [2.75, 3.05) is 0 Å². The van der Waals surface area contributed by atoms with Gasteiger partial charge in [-0.25, -0.2) is 0 Å². The fraction of sp³-hybridized carbons (Fsp3) is 0.462. The number of benzene rings is 2. The summed E-state index contributed by atoms with van der Waals surface area (Å²) in [6.07, 6.45) is 7.03. The highest BCUT2D eigenvalue weighted by Gasteiger charge is 2.11. The first kappa shape index (κ1) is 20.5. The summed E-state index contributed by atoms with van der Waals surface area (Å²) in [5.74, 6) is 1.38. The van der Waals surface area contributed by atoms with Crippen molar-refractivity contribution in [2.24, 2.45) is 11.8 Å². The highest BCUT2D eigenvalue weighted by molar-refractivity contribution is 5.88. The molecule has 0 spiro atoms. The van der Waals surface area contributed by atoms with Crippen LogP contribution >= 0.6 is 0 Å². The van der Waals surface area contributed by atoms with Crippen LogP contribution in [0, 0.1) is 11.8 Å². The number of fused-ring (bicyclic) bond motifs is 1. The third kappa shape index (κ3) is 6.16. The molecule has 2 aromatic rings. The zero-order chi connectivity index (χ0) is 19.1. The van der Waals surface area contributed by atoms with Crippen molar-refractivity contribution in [2.45, 2.75) is 66.2 Å². The van der Waals surface area contributed by atoms with Crippen LogP contribution in [0.2, 0.25) is 0 Å². The van der Waals surface area contributed by atoms with Gasteiger partial charge in [0.2, 0.25) is 0 Å². The third-order valence-electron chi connectivity index (χ3n) is 5.37. The lowest BCUT2D eigenvalue weighted by atomic mass is 9.88. The van der Waals surface area contributed by atoms with Crippen LogP contribution in [0.3, 0.4) is 0 Å². The fourth-order valence-electron chi connectivity index (χ4n) is 3.74. The van der Waals surface area contributed by atoms with Crippen LogP contribution in [0.1, 0.15) is 64.5 Å². The molecule has 0 aromatic heterocycles. The minimum Gasteiger partial charge on any atom is -0.100 e. The minimum atomic E-state index is 0.690. The van der Waals surface area contributed by atoms with E-state index in [0.29, 0.717) is 11.8 Å². The molecular formula is C26H36. The Morgan fingerprint density at radius 3 is 1.46 bits per heavy atom. The molecule has 2 rings (SSSR count). The van der Waals surface area contributed by atoms with Gasteiger partial charge in [0.15, 0.2) is 0 Å². The molecule has 0 aliphatic rings. The van der Waals surface area contributed by atoms with E-state index in [1.54, 1.807) is 0 Å². The molecule has 0 radical (unpaired) electrons. The summed E-state index contributed by atoms with van der Waals surface area (Å²) in [6.45, 7) is 17.1. The van der Waals surface area contributed by atoms with E-state index in [-0.39, 0.29) is 0 Å². The van der Waals surface area contributed by atoms with Gasteiger partial charge in [0.25, 0.3) is 0 Å². The van der Waals surface area contributed by atoms with Gasteiger partial charge in [0.05, 0.1) is 0 Å². The van der Waals surface area contributed by atoms with Crippen LogP contribution in [0.5, 0.6) is 0 Å². The number of rotatable bonds is 10. The predicted molar refractivity (Wildman–Crippen MR) is 118 cm³/mol. The van der Waals surface area contributed by atoms with Crippen molar-refractivity contribution in [3.8, 4) is 0 Å². The summed E-state index contributed by atoms with van der Waals surface area (Å²) in [7, 11) is 0. The van der Waals surface area contributed by atoms with Gasteiger partial charge in [-0.1, -0.05) is 61.4 Å². The Bertz CT molecular complexity index is 684. The summed E-state index contributed by atoms with van der Waals surface area (Å²) < 4.78 is 0. The molecule has 0 heteroatoms. The van der Waals surface area contributed by atoms with E-state index in [0.717, 1.165) is 25.7 Å². The lowest BCUT2D eigenvalue weighted by Crippen LogP contribution is -2.03. The van der Waals surface area contributed by atoms with Crippen molar-refractivity contribution in [1.29, 1.82) is 0 Å². The molecule has 2 atom stereocenters. The van der Waals surface area contributed by atoms with Crippen LogP contribution in [0.25, 0.3) is 10.8 Å². The van der Waals surface area contributed by atoms with Gasteiger partial charge in [-0.05, 0) is 86.1 Å². The largest absolute Gasteiger partial charge is 0.100 e. The molecule has 0 N–H and O–H groups in total. The Labute approximate surface area is 161 Å². The van der Waals surface area contributed by atoms with Crippen LogP contribution in [0.4, 0.5) is 0 Å². The van der Waals surface area contributed by atoms with Crippen molar-refractivity contribution in [3.05, 3.63) is 71.8 Å². The second kappa shape index (κ2) is 9.76. The van der Waals surface area contributed by atoms with E-state index in [2.05, 4.69) is 77.3 Å². The third-order valence-corrected chi connectivity index (χ3v) is 5.37. The molecule has 0 saturated heterocycles. The maximum atomic E-state index is 4.04. The average molecular weight is 349 g/mol. The Balaban J connectivity index is 2.16. The van der Waals surface area contributed by atoms with E-state index < -0.39 is 0 Å². The minimum absolute atomic E-state index is 0.690. The lowest BCUT2D eigenvalue weighted by Gasteiger charge is -2.17. The summed E-state index contributed by atoms with van der Waals surface area (Å²) in [4.78, 5) is 0. The van der Waals surface area contributed by atoms with Gasteiger partial charge in [0, 0.05) is 0 Å². The summed E-state index contributed by atoms with van der Waals surface area (Å²) >= 11 is 0. The quantitative estimate of drug-likeness (QED) is 0.383. The molecule has 0 heterocycles. The lowest BCUT2D eigenvalue weighted by molar-refractivity contribution is 0.530. The summed E-state index contributed by atoms with van der Waals surface area (Å²) in [5.41, 5.74) is 5.57. The standard InChI is InChI=1S/C26H36/c1-19(2)13-15-21(5)17-23-9-7-12-26-24(10-8-11-25(23)26)18-22(6)16-14-20(3)4/h7-12,21-22H,1,3,13-18H2,2,4-6H3. The van der Waals surface area contributed by atoms with Crippen molar-refractivity contribution in [3.63, 3.8) is 0 Å². The molecule has 26 heavy (non-hydrogen) atoms. The smallest absolute Gasteiger partial charge is 0.0149 e. The van der Waals surface area contributed by atoms with Gasteiger partial charge < -0.3 is 0 Å². The average Bonchev–Trinajstić information content (AvgIpc) is 2.59. The Hall–Kier alpha value is -1.82. The Morgan fingerprint density at radius 1 is 0.731 bits per heavy atom.